The van der Waals surface area contributed by atoms with Gasteiger partial charge in [0.2, 0.25) is 5.91 Å². The first-order chi connectivity index (χ1) is 11.1. The molecule has 0 spiro atoms. The molecule has 3 rings (SSSR count). The molecule has 1 atom stereocenters. The fourth-order valence-corrected chi connectivity index (χ4v) is 3.18. The van der Waals surface area contributed by atoms with Crippen LogP contribution in [0.2, 0.25) is 0 Å². The number of likely N-dealkylation sites (tertiary alicyclic amines) is 1. The molecule has 0 saturated carbocycles. The minimum Gasteiger partial charge on any atom is -0.468 e. The number of hydrogen-bond acceptors (Lipinski definition) is 4. The van der Waals surface area contributed by atoms with Crippen LogP contribution in [0.15, 0.2) is 28.9 Å². The Kier molecular flexibility index (Phi) is 4.81. The Bertz CT molecular complexity index is 642. The monoisotopic (exact) mass is 316 g/mol. The summed E-state index contributed by atoms with van der Waals surface area (Å²) in [6.45, 7) is 6.82. The molecule has 3 heterocycles. The first-order valence-electron chi connectivity index (χ1n) is 8.18. The summed E-state index contributed by atoms with van der Waals surface area (Å²) < 4.78 is 7.31. The van der Waals surface area contributed by atoms with E-state index in [9.17, 15) is 4.79 Å². The lowest BCUT2D eigenvalue weighted by molar-refractivity contribution is -0.122. The molecule has 2 aromatic heterocycles. The summed E-state index contributed by atoms with van der Waals surface area (Å²) in [5.74, 6) is 0.894. The van der Waals surface area contributed by atoms with Crippen LogP contribution in [-0.4, -0.2) is 40.2 Å². The predicted molar refractivity (Wildman–Crippen MR) is 87.0 cm³/mol. The number of nitrogens with one attached hydrogen (secondary N) is 1. The maximum Gasteiger partial charge on any atom is 0.241 e. The van der Waals surface area contributed by atoms with Crippen molar-refractivity contribution in [1.29, 1.82) is 0 Å². The van der Waals surface area contributed by atoms with E-state index >= 15 is 0 Å². The largest absolute Gasteiger partial charge is 0.468 e. The lowest BCUT2D eigenvalue weighted by atomic mass is 10.2. The van der Waals surface area contributed by atoms with Crippen molar-refractivity contribution in [2.75, 3.05) is 19.6 Å². The van der Waals surface area contributed by atoms with E-state index in [1.807, 2.05) is 32.0 Å². The first kappa shape index (κ1) is 15.8. The van der Waals surface area contributed by atoms with Crippen molar-refractivity contribution in [3.8, 4) is 0 Å². The molecular weight excluding hydrogens is 292 g/mol. The Hall–Kier alpha value is -2.08. The third-order valence-corrected chi connectivity index (χ3v) is 4.34. The molecule has 124 valence electrons. The second-order valence-corrected chi connectivity index (χ2v) is 6.16. The predicted octanol–water partition coefficient (Wildman–Crippen LogP) is 2.05. The minimum atomic E-state index is -0.0213. The van der Waals surface area contributed by atoms with Gasteiger partial charge in [0.05, 0.1) is 18.0 Å². The third kappa shape index (κ3) is 3.82. The molecule has 0 bridgehead atoms. The maximum absolute atomic E-state index is 12.2. The van der Waals surface area contributed by atoms with Crippen molar-refractivity contribution >= 4 is 5.91 Å². The molecule has 0 aliphatic carbocycles. The van der Waals surface area contributed by atoms with Gasteiger partial charge in [-0.3, -0.25) is 14.4 Å². The summed E-state index contributed by atoms with van der Waals surface area (Å²) in [4.78, 5) is 14.6. The number of aryl methyl sites for hydroxylation is 2. The van der Waals surface area contributed by atoms with E-state index in [0.717, 1.165) is 30.2 Å². The van der Waals surface area contributed by atoms with Gasteiger partial charge < -0.3 is 9.73 Å². The number of furan rings is 1. The van der Waals surface area contributed by atoms with E-state index in [2.05, 4.69) is 15.3 Å². The Morgan fingerprint density at radius 1 is 1.39 bits per heavy atom. The van der Waals surface area contributed by atoms with E-state index in [-0.39, 0.29) is 18.5 Å². The number of aromatic nitrogens is 2. The molecule has 2 aromatic rings. The summed E-state index contributed by atoms with van der Waals surface area (Å²) in [5.41, 5.74) is 1.93. The molecule has 6 heteroatoms. The number of carbonyl (C=O) groups excluding carboxylic acids is 1. The van der Waals surface area contributed by atoms with Gasteiger partial charge in [-0.25, -0.2) is 0 Å². The van der Waals surface area contributed by atoms with E-state index in [0.29, 0.717) is 6.54 Å². The average molecular weight is 316 g/mol. The lowest BCUT2D eigenvalue weighted by Crippen LogP contribution is -2.38. The number of nitrogens with zero attached hydrogens (tertiary/aromatic N) is 3. The molecule has 1 fully saturated rings. The number of hydrogen-bond donors (Lipinski definition) is 1. The molecule has 0 unspecified atom stereocenters. The maximum atomic E-state index is 12.2. The SMILES string of the molecule is Cc1cc(C)n(CC(=O)NC[C@@H](c2ccco2)N2CCCC2)n1. The Labute approximate surface area is 136 Å². The topological polar surface area (TPSA) is 63.3 Å². The molecular formula is C17H24N4O2. The second-order valence-electron chi connectivity index (χ2n) is 6.16. The zero-order chi connectivity index (χ0) is 16.2. The summed E-state index contributed by atoms with van der Waals surface area (Å²) in [7, 11) is 0. The van der Waals surface area contributed by atoms with Crippen LogP contribution in [0.3, 0.4) is 0 Å². The molecule has 6 nitrogen and oxygen atoms in total. The van der Waals surface area contributed by atoms with Gasteiger partial charge in [0.25, 0.3) is 0 Å². The van der Waals surface area contributed by atoms with Crippen molar-refractivity contribution in [2.45, 2.75) is 39.3 Å². The van der Waals surface area contributed by atoms with Gasteiger partial charge in [0.1, 0.15) is 12.3 Å². The zero-order valence-corrected chi connectivity index (χ0v) is 13.8. The van der Waals surface area contributed by atoms with Crippen LogP contribution in [0.1, 0.15) is 36.0 Å². The molecule has 1 aliphatic rings. The fraction of sp³-hybridized carbons (Fsp3) is 0.529. The molecule has 1 amide bonds. The van der Waals surface area contributed by atoms with Crippen molar-refractivity contribution in [3.63, 3.8) is 0 Å². The minimum absolute atomic E-state index is 0.0213. The van der Waals surface area contributed by atoms with Crippen molar-refractivity contribution in [1.82, 2.24) is 20.0 Å². The van der Waals surface area contributed by atoms with Crippen LogP contribution < -0.4 is 5.32 Å². The van der Waals surface area contributed by atoms with E-state index < -0.39 is 0 Å². The summed E-state index contributed by atoms with van der Waals surface area (Å²) >= 11 is 0. The van der Waals surface area contributed by atoms with Gasteiger partial charge in [-0.05, 0) is 58.0 Å². The molecule has 1 N–H and O–H groups in total. The van der Waals surface area contributed by atoms with Crippen LogP contribution in [-0.2, 0) is 11.3 Å². The van der Waals surface area contributed by atoms with Crippen LogP contribution >= 0.6 is 0 Å². The summed E-state index contributed by atoms with van der Waals surface area (Å²) in [6, 6.07) is 5.96. The van der Waals surface area contributed by atoms with Gasteiger partial charge in [-0.1, -0.05) is 0 Å². The molecule has 1 aliphatic heterocycles. The second kappa shape index (κ2) is 7.00. The van der Waals surface area contributed by atoms with E-state index in [4.69, 9.17) is 4.42 Å². The van der Waals surface area contributed by atoms with Gasteiger partial charge >= 0.3 is 0 Å². The van der Waals surface area contributed by atoms with Gasteiger partial charge in [0, 0.05) is 12.2 Å². The number of carbonyl (C=O) groups is 1. The molecule has 0 radical (unpaired) electrons. The first-order valence-corrected chi connectivity index (χ1v) is 8.18. The third-order valence-electron chi connectivity index (χ3n) is 4.34. The normalized spacial score (nSPS) is 16.6. The molecule has 1 saturated heterocycles. The lowest BCUT2D eigenvalue weighted by Gasteiger charge is -2.26. The van der Waals surface area contributed by atoms with Crippen LogP contribution in [0.25, 0.3) is 0 Å². The van der Waals surface area contributed by atoms with Crippen molar-refractivity contribution < 1.29 is 9.21 Å². The molecule has 23 heavy (non-hydrogen) atoms. The van der Waals surface area contributed by atoms with Crippen LogP contribution in [0.5, 0.6) is 0 Å². The van der Waals surface area contributed by atoms with Gasteiger partial charge in [0.15, 0.2) is 0 Å². The highest BCUT2D eigenvalue weighted by Crippen LogP contribution is 2.24. The quantitative estimate of drug-likeness (QED) is 0.886. The van der Waals surface area contributed by atoms with Crippen molar-refractivity contribution in [3.05, 3.63) is 41.6 Å². The zero-order valence-electron chi connectivity index (χ0n) is 13.8. The number of rotatable bonds is 6. The van der Waals surface area contributed by atoms with E-state index in [1.54, 1.807) is 10.9 Å². The highest BCUT2D eigenvalue weighted by Gasteiger charge is 2.25. The summed E-state index contributed by atoms with van der Waals surface area (Å²) in [5, 5.41) is 7.36. The standard InChI is InChI=1S/C17H24N4O2/c1-13-10-14(2)21(19-13)12-17(22)18-11-15(16-6-5-9-23-16)20-7-3-4-8-20/h5-6,9-10,15H,3-4,7-8,11-12H2,1-2H3,(H,18,22)/t15-/m0/s1. The average Bonchev–Trinajstić information content (AvgIpc) is 3.24. The number of amides is 1. The van der Waals surface area contributed by atoms with Crippen LogP contribution in [0, 0.1) is 13.8 Å². The smallest absolute Gasteiger partial charge is 0.241 e. The molecule has 0 aromatic carbocycles. The van der Waals surface area contributed by atoms with Gasteiger partial charge in [-0.2, -0.15) is 5.10 Å². The fourth-order valence-electron chi connectivity index (χ4n) is 3.18. The van der Waals surface area contributed by atoms with Crippen molar-refractivity contribution in [2.24, 2.45) is 0 Å². The Balaban J connectivity index is 1.60. The van der Waals surface area contributed by atoms with E-state index in [1.165, 1.54) is 12.8 Å². The Morgan fingerprint density at radius 2 is 2.17 bits per heavy atom. The Morgan fingerprint density at radius 3 is 2.78 bits per heavy atom. The highest BCUT2D eigenvalue weighted by molar-refractivity contribution is 5.75. The van der Waals surface area contributed by atoms with Gasteiger partial charge in [-0.15, -0.1) is 0 Å². The van der Waals surface area contributed by atoms with Crippen LogP contribution in [0.4, 0.5) is 0 Å². The summed E-state index contributed by atoms with van der Waals surface area (Å²) in [6.07, 6.45) is 4.10. The highest BCUT2D eigenvalue weighted by atomic mass is 16.3.